The van der Waals surface area contributed by atoms with Crippen LogP contribution in [0.3, 0.4) is 0 Å². The van der Waals surface area contributed by atoms with Crippen molar-refractivity contribution in [3.8, 4) is 6.07 Å². The second-order valence-corrected chi connectivity index (χ2v) is 4.72. The van der Waals surface area contributed by atoms with Gasteiger partial charge in [0.05, 0.1) is 24.0 Å². The summed E-state index contributed by atoms with van der Waals surface area (Å²) < 4.78 is 5.06. The topological polar surface area (TPSA) is 36.9 Å². The Kier molecular flexibility index (Phi) is 2.81. The molecule has 2 heteroatoms. The minimum Gasteiger partial charge on any atom is -0.472 e. The van der Waals surface area contributed by atoms with Gasteiger partial charge in [0.15, 0.2) is 0 Å². The fraction of sp³-hybridized carbons (Fsp3) is 0.615. The largest absolute Gasteiger partial charge is 0.472 e. The van der Waals surface area contributed by atoms with Gasteiger partial charge in [-0.1, -0.05) is 13.3 Å². The lowest BCUT2D eigenvalue weighted by molar-refractivity contribution is 0.379. The van der Waals surface area contributed by atoms with E-state index in [1.54, 1.807) is 12.5 Å². The van der Waals surface area contributed by atoms with Crippen LogP contribution in [-0.2, 0) is 6.42 Å². The Morgan fingerprint density at radius 3 is 3.07 bits per heavy atom. The molecule has 0 spiro atoms. The summed E-state index contributed by atoms with van der Waals surface area (Å²) in [6.07, 6.45) is 8.83. The summed E-state index contributed by atoms with van der Waals surface area (Å²) in [5, 5.41) is 9.35. The van der Waals surface area contributed by atoms with Crippen LogP contribution in [0.5, 0.6) is 0 Å². The quantitative estimate of drug-likeness (QED) is 0.753. The van der Waals surface area contributed by atoms with Crippen LogP contribution in [0.25, 0.3) is 0 Å². The van der Waals surface area contributed by atoms with Crippen molar-refractivity contribution in [3.63, 3.8) is 0 Å². The number of hydrogen-bond donors (Lipinski definition) is 0. The average molecular weight is 203 g/mol. The normalized spacial score (nSPS) is 30.3. The van der Waals surface area contributed by atoms with Crippen molar-refractivity contribution in [3.05, 3.63) is 24.2 Å². The highest BCUT2D eigenvalue weighted by Gasteiger charge is 2.38. The van der Waals surface area contributed by atoms with Gasteiger partial charge in [-0.2, -0.15) is 5.26 Å². The molecular weight excluding hydrogens is 186 g/mol. The SMILES string of the molecule is CCC1CCC(C#N)(Cc2ccoc2)C1. The van der Waals surface area contributed by atoms with Gasteiger partial charge in [-0.3, -0.25) is 0 Å². The van der Waals surface area contributed by atoms with Crippen LogP contribution in [-0.4, -0.2) is 0 Å². The fourth-order valence-electron chi connectivity index (χ4n) is 2.67. The number of nitrogens with zero attached hydrogens (tertiary/aromatic N) is 1. The molecule has 1 heterocycles. The van der Waals surface area contributed by atoms with E-state index >= 15 is 0 Å². The van der Waals surface area contributed by atoms with Crippen molar-refractivity contribution < 1.29 is 4.42 Å². The molecule has 2 nitrogen and oxygen atoms in total. The first-order valence-corrected chi connectivity index (χ1v) is 5.70. The molecule has 0 aliphatic heterocycles. The van der Waals surface area contributed by atoms with E-state index < -0.39 is 0 Å². The van der Waals surface area contributed by atoms with Gasteiger partial charge in [0.1, 0.15) is 0 Å². The van der Waals surface area contributed by atoms with Crippen molar-refractivity contribution in [2.75, 3.05) is 0 Å². The molecule has 2 atom stereocenters. The zero-order valence-corrected chi connectivity index (χ0v) is 9.20. The molecule has 0 saturated heterocycles. The summed E-state index contributed by atoms with van der Waals surface area (Å²) in [6.45, 7) is 2.22. The maximum atomic E-state index is 9.35. The molecule has 0 aromatic carbocycles. The Bertz CT molecular complexity index is 349. The lowest BCUT2D eigenvalue weighted by atomic mass is 9.81. The molecule has 1 aliphatic rings. The van der Waals surface area contributed by atoms with E-state index in [4.69, 9.17) is 4.42 Å². The predicted molar refractivity (Wildman–Crippen MR) is 58.1 cm³/mol. The minimum absolute atomic E-state index is 0.120. The van der Waals surface area contributed by atoms with Crippen LogP contribution in [0, 0.1) is 22.7 Å². The molecule has 2 rings (SSSR count). The maximum absolute atomic E-state index is 9.35. The summed E-state index contributed by atoms with van der Waals surface area (Å²) in [5.74, 6) is 0.747. The number of hydrogen-bond acceptors (Lipinski definition) is 2. The highest BCUT2D eigenvalue weighted by Crippen LogP contribution is 2.44. The van der Waals surface area contributed by atoms with Gasteiger partial charge in [0.2, 0.25) is 0 Å². The van der Waals surface area contributed by atoms with Crippen LogP contribution in [0.2, 0.25) is 0 Å². The van der Waals surface area contributed by atoms with Crippen molar-refractivity contribution >= 4 is 0 Å². The third-order valence-electron chi connectivity index (χ3n) is 3.65. The number of rotatable bonds is 3. The van der Waals surface area contributed by atoms with Gasteiger partial charge >= 0.3 is 0 Å². The maximum Gasteiger partial charge on any atom is 0.0935 e. The lowest BCUT2D eigenvalue weighted by Gasteiger charge is -2.19. The van der Waals surface area contributed by atoms with Gasteiger partial charge in [-0.25, -0.2) is 0 Å². The van der Waals surface area contributed by atoms with E-state index in [1.165, 1.54) is 12.8 Å². The Balaban J connectivity index is 2.08. The van der Waals surface area contributed by atoms with Gasteiger partial charge in [0, 0.05) is 0 Å². The van der Waals surface area contributed by atoms with E-state index in [2.05, 4.69) is 13.0 Å². The van der Waals surface area contributed by atoms with E-state index in [9.17, 15) is 5.26 Å². The second kappa shape index (κ2) is 4.10. The van der Waals surface area contributed by atoms with E-state index in [0.29, 0.717) is 0 Å². The lowest BCUT2D eigenvalue weighted by Crippen LogP contribution is -2.17. The molecular formula is C13H17NO. The molecule has 0 amide bonds. The monoisotopic (exact) mass is 203 g/mol. The molecule has 1 saturated carbocycles. The zero-order valence-electron chi connectivity index (χ0n) is 9.20. The molecule has 1 aromatic heterocycles. The zero-order chi connectivity index (χ0) is 10.7. The fourth-order valence-corrected chi connectivity index (χ4v) is 2.67. The van der Waals surface area contributed by atoms with E-state index in [0.717, 1.165) is 30.7 Å². The van der Waals surface area contributed by atoms with Crippen molar-refractivity contribution in [1.29, 1.82) is 5.26 Å². The molecule has 0 radical (unpaired) electrons. The highest BCUT2D eigenvalue weighted by atomic mass is 16.3. The minimum atomic E-state index is -0.120. The van der Waals surface area contributed by atoms with Gasteiger partial charge in [0.25, 0.3) is 0 Å². The van der Waals surface area contributed by atoms with Crippen molar-refractivity contribution in [1.82, 2.24) is 0 Å². The molecule has 80 valence electrons. The molecule has 15 heavy (non-hydrogen) atoms. The van der Waals surface area contributed by atoms with Crippen LogP contribution < -0.4 is 0 Å². The summed E-state index contributed by atoms with van der Waals surface area (Å²) in [7, 11) is 0. The van der Waals surface area contributed by atoms with E-state index in [-0.39, 0.29) is 5.41 Å². The summed E-state index contributed by atoms with van der Waals surface area (Å²) in [5.41, 5.74) is 1.04. The number of furan rings is 1. The van der Waals surface area contributed by atoms with Crippen LogP contribution >= 0.6 is 0 Å². The highest BCUT2D eigenvalue weighted by molar-refractivity contribution is 5.15. The van der Waals surface area contributed by atoms with Gasteiger partial charge in [-0.15, -0.1) is 0 Å². The molecule has 0 N–H and O–H groups in total. The second-order valence-electron chi connectivity index (χ2n) is 4.72. The van der Waals surface area contributed by atoms with E-state index in [1.807, 2.05) is 6.07 Å². The van der Waals surface area contributed by atoms with Gasteiger partial charge in [-0.05, 0) is 43.2 Å². The summed E-state index contributed by atoms with van der Waals surface area (Å²) >= 11 is 0. The molecule has 0 bridgehead atoms. The molecule has 1 fully saturated rings. The molecule has 1 aliphatic carbocycles. The average Bonchev–Trinajstić information content (AvgIpc) is 2.88. The first kappa shape index (κ1) is 10.3. The third kappa shape index (κ3) is 2.07. The first-order chi connectivity index (χ1) is 7.28. The standard InChI is InChI=1S/C13H17NO/c1-2-11-3-5-13(7-11,10-14)8-12-4-6-15-9-12/h4,6,9,11H,2-3,5,7-8H2,1H3. The first-order valence-electron chi connectivity index (χ1n) is 5.70. The molecule has 2 unspecified atom stereocenters. The summed E-state index contributed by atoms with van der Waals surface area (Å²) in [4.78, 5) is 0. The van der Waals surface area contributed by atoms with Crippen LogP contribution in [0.4, 0.5) is 0 Å². The van der Waals surface area contributed by atoms with Crippen LogP contribution in [0.1, 0.15) is 38.2 Å². The Hall–Kier alpha value is -1.23. The smallest absolute Gasteiger partial charge is 0.0935 e. The van der Waals surface area contributed by atoms with Gasteiger partial charge < -0.3 is 4.42 Å². The van der Waals surface area contributed by atoms with Crippen LogP contribution in [0.15, 0.2) is 23.0 Å². The molecule has 1 aromatic rings. The summed E-state index contributed by atoms with van der Waals surface area (Å²) in [6, 6.07) is 4.51. The Labute approximate surface area is 90.9 Å². The van der Waals surface area contributed by atoms with Crippen molar-refractivity contribution in [2.24, 2.45) is 11.3 Å². The third-order valence-corrected chi connectivity index (χ3v) is 3.65. The predicted octanol–water partition coefficient (Wildman–Crippen LogP) is 3.54. The Morgan fingerprint density at radius 1 is 1.67 bits per heavy atom. The van der Waals surface area contributed by atoms with Crippen molar-refractivity contribution in [2.45, 2.75) is 39.0 Å². The number of nitriles is 1. The Morgan fingerprint density at radius 2 is 2.53 bits per heavy atom.